The lowest BCUT2D eigenvalue weighted by Gasteiger charge is -2.08. The number of hydrogen-bond acceptors (Lipinski definition) is 2. The van der Waals surface area contributed by atoms with Gasteiger partial charge >= 0.3 is 12.2 Å². The van der Waals surface area contributed by atoms with Crippen LogP contribution in [0.4, 0.5) is 18.0 Å². The topological polar surface area (TPSA) is 50.4 Å². The summed E-state index contributed by atoms with van der Waals surface area (Å²) in [5, 5.41) is 4.72. The maximum absolute atomic E-state index is 11.6. The summed E-state index contributed by atoms with van der Waals surface area (Å²) in [4.78, 5) is 10.9. The molecule has 0 aliphatic carbocycles. The van der Waals surface area contributed by atoms with E-state index >= 15 is 0 Å². The molecule has 16 heavy (non-hydrogen) atoms. The summed E-state index contributed by atoms with van der Waals surface area (Å²) in [6.07, 6.45) is -2.84. The highest BCUT2D eigenvalue weighted by atomic mass is 19.4. The average Bonchev–Trinajstić information content (AvgIpc) is 2.16. The van der Waals surface area contributed by atoms with E-state index in [-0.39, 0.29) is 19.7 Å². The van der Waals surface area contributed by atoms with Crippen LogP contribution in [-0.4, -0.2) is 38.5 Å². The molecule has 2 amide bonds. The van der Waals surface area contributed by atoms with Crippen molar-refractivity contribution in [2.75, 3.05) is 26.3 Å². The van der Waals surface area contributed by atoms with Crippen LogP contribution in [0.15, 0.2) is 18.4 Å². The molecular weight excluding hydrogens is 225 g/mol. The number of rotatable bonds is 6. The molecule has 0 atom stereocenters. The van der Waals surface area contributed by atoms with Gasteiger partial charge in [-0.1, -0.05) is 6.58 Å². The van der Waals surface area contributed by atoms with Gasteiger partial charge in [0.05, 0.1) is 6.61 Å². The van der Waals surface area contributed by atoms with Gasteiger partial charge in [0.25, 0.3) is 0 Å². The van der Waals surface area contributed by atoms with Gasteiger partial charge in [-0.05, 0) is 6.08 Å². The third-order valence-electron chi connectivity index (χ3n) is 1.31. The van der Waals surface area contributed by atoms with Gasteiger partial charge in [0, 0.05) is 13.1 Å². The minimum atomic E-state index is -4.34. The first-order valence-corrected chi connectivity index (χ1v) is 4.46. The molecular formula is C9H13F3N2O2. The monoisotopic (exact) mass is 238 g/mol. The first-order chi connectivity index (χ1) is 7.45. The number of nitrogens with one attached hydrogen (secondary N) is 2. The molecule has 7 heteroatoms. The number of halogens is 3. The predicted molar refractivity (Wildman–Crippen MR) is 52.0 cm³/mol. The Kier molecular flexibility index (Phi) is 7.07. The van der Waals surface area contributed by atoms with Gasteiger partial charge in [-0.25, -0.2) is 4.79 Å². The van der Waals surface area contributed by atoms with Crippen LogP contribution in [0, 0.1) is 0 Å². The van der Waals surface area contributed by atoms with Gasteiger partial charge in [-0.3, -0.25) is 0 Å². The van der Waals surface area contributed by atoms with Crippen LogP contribution >= 0.6 is 0 Å². The summed E-state index contributed by atoms with van der Waals surface area (Å²) in [5.74, 6) is 0. The normalized spacial score (nSPS) is 10.4. The lowest BCUT2D eigenvalue weighted by atomic mass is 10.6. The summed E-state index contributed by atoms with van der Waals surface area (Å²) in [6.45, 7) is 2.06. The van der Waals surface area contributed by atoms with Crippen molar-refractivity contribution in [3.63, 3.8) is 0 Å². The molecule has 0 spiro atoms. The fourth-order valence-corrected chi connectivity index (χ4v) is 0.703. The van der Waals surface area contributed by atoms with Crippen molar-refractivity contribution in [2.45, 2.75) is 6.18 Å². The first kappa shape index (κ1) is 14.5. The van der Waals surface area contributed by atoms with E-state index in [9.17, 15) is 18.0 Å². The SMILES string of the molecule is C=C=CCNC(=O)NCCOCC(F)(F)F. The molecule has 0 radical (unpaired) electrons. The van der Waals surface area contributed by atoms with Crippen LogP contribution in [-0.2, 0) is 4.74 Å². The molecule has 0 heterocycles. The van der Waals surface area contributed by atoms with Crippen LogP contribution in [0.5, 0.6) is 0 Å². The molecule has 2 N–H and O–H groups in total. The number of carbonyl (C=O) groups excluding carboxylic acids is 1. The van der Waals surface area contributed by atoms with Crippen LogP contribution < -0.4 is 10.6 Å². The third-order valence-corrected chi connectivity index (χ3v) is 1.31. The van der Waals surface area contributed by atoms with E-state index in [1.165, 1.54) is 6.08 Å². The average molecular weight is 238 g/mol. The number of carbonyl (C=O) groups is 1. The number of urea groups is 1. The Hall–Kier alpha value is -1.46. The van der Waals surface area contributed by atoms with Gasteiger partial charge in [-0.15, -0.1) is 5.73 Å². The zero-order chi connectivity index (χ0) is 12.4. The van der Waals surface area contributed by atoms with Crippen molar-refractivity contribution >= 4 is 6.03 Å². The van der Waals surface area contributed by atoms with Gasteiger partial charge < -0.3 is 15.4 Å². The van der Waals surface area contributed by atoms with E-state index < -0.39 is 18.8 Å². The van der Waals surface area contributed by atoms with Gasteiger partial charge in [-0.2, -0.15) is 13.2 Å². The summed E-state index contributed by atoms with van der Waals surface area (Å²) in [5.41, 5.74) is 2.45. The second kappa shape index (κ2) is 7.78. The minimum Gasteiger partial charge on any atom is -0.370 e. The summed E-state index contributed by atoms with van der Waals surface area (Å²) in [6, 6.07) is -0.484. The lowest BCUT2D eigenvalue weighted by Crippen LogP contribution is -2.37. The lowest BCUT2D eigenvalue weighted by molar-refractivity contribution is -0.173. The summed E-state index contributed by atoms with van der Waals surface area (Å²) in [7, 11) is 0. The quantitative estimate of drug-likeness (QED) is 0.539. The van der Waals surface area contributed by atoms with E-state index in [1.54, 1.807) is 0 Å². The fourth-order valence-electron chi connectivity index (χ4n) is 0.703. The second-order valence-corrected chi connectivity index (χ2v) is 2.71. The first-order valence-electron chi connectivity index (χ1n) is 4.46. The van der Waals surface area contributed by atoms with Crippen molar-refractivity contribution in [3.05, 3.63) is 18.4 Å². The maximum Gasteiger partial charge on any atom is 0.411 e. The molecule has 0 saturated heterocycles. The zero-order valence-electron chi connectivity index (χ0n) is 8.56. The highest BCUT2D eigenvalue weighted by Gasteiger charge is 2.27. The number of hydrogen-bond donors (Lipinski definition) is 2. The molecule has 4 nitrogen and oxygen atoms in total. The Bertz CT molecular complexity index is 260. The smallest absolute Gasteiger partial charge is 0.370 e. The Morgan fingerprint density at radius 3 is 2.69 bits per heavy atom. The molecule has 0 rings (SSSR count). The molecule has 0 unspecified atom stereocenters. The van der Waals surface area contributed by atoms with E-state index in [0.717, 1.165) is 0 Å². The van der Waals surface area contributed by atoms with Crippen molar-refractivity contribution in [3.8, 4) is 0 Å². The molecule has 0 fully saturated rings. The van der Waals surface area contributed by atoms with Gasteiger partial charge in [0.1, 0.15) is 6.61 Å². The van der Waals surface area contributed by atoms with Crippen LogP contribution in [0.3, 0.4) is 0 Å². The third kappa shape index (κ3) is 10.6. The molecule has 0 aromatic carbocycles. The predicted octanol–water partition coefficient (Wildman–Crippen LogP) is 1.21. The Morgan fingerprint density at radius 2 is 2.12 bits per heavy atom. The summed E-state index contributed by atoms with van der Waals surface area (Å²) < 4.78 is 39.1. The van der Waals surface area contributed by atoms with E-state index in [1.807, 2.05) is 0 Å². The number of amides is 2. The van der Waals surface area contributed by atoms with E-state index in [2.05, 4.69) is 27.7 Å². The number of alkyl halides is 3. The maximum atomic E-state index is 11.6. The fraction of sp³-hybridized carbons (Fsp3) is 0.556. The standard InChI is InChI=1S/C9H13F3N2O2/c1-2-3-4-13-8(15)14-5-6-16-7-9(10,11)12/h3H,1,4-7H2,(H2,13,14,15). The highest BCUT2D eigenvalue weighted by Crippen LogP contribution is 2.13. The van der Waals surface area contributed by atoms with Gasteiger partial charge in [0.15, 0.2) is 0 Å². The van der Waals surface area contributed by atoms with Crippen LogP contribution in [0.1, 0.15) is 0 Å². The molecule has 0 aliphatic heterocycles. The Morgan fingerprint density at radius 1 is 1.44 bits per heavy atom. The van der Waals surface area contributed by atoms with Crippen molar-refractivity contribution in [2.24, 2.45) is 0 Å². The van der Waals surface area contributed by atoms with Gasteiger partial charge in [0.2, 0.25) is 0 Å². The Labute approximate surface area is 91.2 Å². The van der Waals surface area contributed by atoms with Crippen LogP contribution in [0.25, 0.3) is 0 Å². The molecule has 0 aromatic rings. The minimum absolute atomic E-state index is 0.0136. The van der Waals surface area contributed by atoms with Crippen molar-refractivity contribution in [1.82, 2.24) is 10.6 Å². The molecule has 0 saturated carbocycles. The molecule has 0 aromatic heterocycles. The van der Waals surface area contributed by atoms with E-state index in [0.29, 0.717) is 0 Å². The van der Waals surface area contributed by atoms with E-state index in [4.69, 9.17) is 0 Å². The zero-order valence-corrected chi connectivity index (χ0v) is 8.56. The summed E-state index contributed by atoms with van der Waals surface area (Å²) >= 11 is 0. The largest absolute Gasteiger partial charge is 0.411 e. The highest BCUT2D eigenvalue weighted by molar-refractivity contribution is 5.73. The Balaban J connectivity index is 3.38. The van der Waals surface area contributed by atoms with Crippen LogP contribution in [0.2, 0.25) is 0 Å². The second-order valence-electron chi connectivity index (χ2n) is 2.71. The molecule has 92 valence electrons. The molecule has 0 aliphatic rings. The molecule has 0 bridgehead atoms. The van der Waals surface area contributed by atoms with Crippen molar-refractivity contribution in [1.29, 1.82) is 0 Å². The van der Waals surface area contributed by atoms with Crippen molar-refractivity contribution < 1.29 is 22.7 Å². The number of ether oxygens (including phenoxy) is 1.